The largest absolute Gasteiger partial charge is 0.477 e. The van der Waals surface area contributed by atoms with Crippen molar-refractivity contribution in [3.63, 3.8) is 0 Å². The summed E-state index contributed by atoms with van der Waals surface area (Å²) in [6.07, 6.45) is 2.87. The quantitative estimate of drug-likeness (QED) is 0.920. The van der Waals surface area contributed by atoms with Crippen molar-refractivity contribution in [2.24, 2.45) is 0 Å². The molecule has 1 N–H and O–H groups in total. The fraction of sp³-hybridized carbons (Fsp3) is 0.312. The van der Waals surface area contributed by atoms with Gasteiger partial charge in [0.25, 0.3) is 0 Å². The number of aromatic carboxylic acids is 1. The normalized spacial score (nSPS) is 10.6. The zero-order valence-corrected chi connectivity index (χ0v) is 12.1. The first-order valence-electron chi connectivity index (χ1n) is 6.95. The molecule has 1 heterocycles. The molecule has 0 atom stereocenters. The molecule has 0 saturated carbocycles. The van der Waals surface area contributed by atoms with Crippen LogP contribution in [0.25, 0.3) is 10.9 Å². The highest BCUT2D eigenvalue weighted by molar-refractivity contribution is 5.92. The Morgan fingerprint density at radius 1 is 1.45 bits per heavy atom. The van der Waals surface area contributed by atoms with Crippen molar-refractivity contribution in [2.45, 2.75) is 32.7 Å². The minimum absolute atomic E-state index is 0.0233. The number of nitriles is 1. The van der Waals surface area contributed by atoms with E-state index in [0.29, 0.717) is 12.1 Å². The van der Waals surface area contributed by atoms with Gasteiger partial charge in [-0.05, 0) is 18.6 Å². The van der Waals surface area contributed by atoms with Gasteiger partial charge in [0.05, 0.1) is 18.0 Å². The molecular formula is C16H15FN2O3. The molecule has 1 aromatic heterocycles. The Kier molecular flexibility index (Phi) is 4.56. The van der Waals surface area contributed by atoms with Gasteiger partial charge in [0.1, 0.15) is 11.4 Å². The van der Waals surface area contributed by atoms with Crippen LogP contribution in [-0.4, -0.2) is 15.6 Å². The number of benzene rings is 1. The minimum atomic E-state index is -1.33. The molecule has 114 valence electrons. The second-order valence-electron chi connectivity index (χ2n) is 5.02. The van der Waals surface area contributed by atoms with E-state index in [1.165, 1.54) is 12.3 Å². The highest BCUT2D eigenvalue weighted by Gasteiger charge is 2.16. The summed E-state index contributed by atoms with van der Waals surface area (Å²) in [6, 6.07) is 4.36. The van der Waals surface area contributed by atoms with Crippen molar-refractivity contribution in [1.82, 2.24) is 4.57 Å². The Balaban J connectivity index is 2.80. The van der Waals surface area contributed by atoms with E-state index < -0.39 is 17.2 Å². The van der Waals surface area contributed by atoms with E-state index in [0.717, 1.165) is 18.9 Å². The third-order valence-corrected chi connectivity index (χ3v) is 3.50. The number of rotatable bonds is 5. The first-order valence-corrected chi connectivity index (χ1v) is 6.95. The molecule has 5 nitrogen and oxygen atoms in total. The number of fused-ring (bicyclic) bond motifs is 1. The van der Waals surface area contributed by atoms with Gasteiger partial charge >= 0.3 is 5.97 Å². The molecule has 0 aliphatic rings. The second-order valence-corrected chi connectivity index (χ2v) is 5.02. The average molecular weight is 302 g/mol. The van der Waals surface area contributed by atoms with Gasteiger partial charge in [0.2, 0.25) is 5.43 Å². The predicted octanol–water partition coefficient (Wildman–Crippen LogP) is 2.70. The number of aryl methyl sites for hydroxylation is 1. The number of hydrogen-bond acceptors (Lipinski definition) is 3. The van der Waals surface area contributed by atoms with Crippen LogP contribution in [0.4, 0.5) is 4.39 Å². The first-order chi connectivity index (χ1) is 10.5. The summed E-state index contributed by atoms with van der Waals surface area (Å²) in [7, 11) is 0. The molecule has 2 aromatic rings. The summed E-state index contributed by atoms with van der Waals surface area (Å²) >= 11 is 0. The molecule has 2 rings (SSSR count). The number of carboxylic acids is 1. The van der Waals surface area contributed by atoms with Crippen LogP contribution in [0.2, 0.25) is 0 Å². The van der Waals surface area contributed by atoms with Gasteiger partial charge in [0, 0.05) is 23.7 Å². The number of nitrogens with zero attached hydrogens (tertiary/aromatic N) is 2. The van der Waals surface area contributed by atoms with Gasteiger partial charge in [-0.2, -0.15) is 5.26 Å². The maximum Gasteiger partial charge on any atom is 0.341 e. The lowest BCUT2D eigenvalue weighted by Crippen LogP contribution is -2.19. The summed E-state index contributed by atoms with van der Waals surface area (Å²) in [6.45, 7) is 2.51. The van der Waals surface area contributed by atoms with Crippen LogP contribution in [0.5, 0.6) is 0 Å². The lowest BCUT2D eigenvalue weighted by molar-refractivity contribution is 0.0695. The SMILES string of the molecule is CCCCn1cc(C(=O)O)c(=O)c2cc(F)c(CC#N)cc21. The third-order valence-electron chi connectivity index (χ3n) is 3.50. The summed E-state index contributed by atoms with van der Waals surface area (Å²) in [5.41, 5.74) is -0.438. The van der Waals surface area contributed by atoms with Gasteiger partial charge < -0.3 is 9.67 Å². The minimum Gasteiger partial charge on any atom is -0.477 e. The second kappa shape index (κ2) is 6.39. The molecule has 0 fully saturated rings. The molecule has 0 radical (unpaired) electrons. The zero-order valence-electron chi connectivity index (χ0n) is 12.1. The molecule has 0 unspecified atom stereocenters. The summed E-state index contributed by atoms with van der Waals surface area (Å²) in [5, 5.41) is 17.9. The Labute approximate surface area is 126 Å². The number of unbranched alkanes of at least 4 members (excludes halogenated alkanes) is 1. The van der Waals surface area contributed by atoms with Crippen LogP contribution < -0.4 is 5.43 Å². The number of halogens is 1. The number of pyridine rings is 1. The van der Waals surface area contributed by atoms with E-state index in [9.17, 15) is 14.0 Å². The predicted molar refractivity (Wildman–Crippen MR) is 79.4 cm³/mol. The molecule has 1 aromatic carbocycles. The maximum atomic E-state index is 14.0. The van der Waals surface area contributed by atoms with E-state index in [-0.39, 0.29) is 22.9 Å². The third kappa shape index (κ3) is 2.84. The van der Waals surface area contributed by atoms with Crippen LogP contribution >= 0.6 is 0 Å². The van der Waals surface area contributed by atoms with Crippen molar-refractivity contribution in [1.29, 1.82) is 5.26 Å². The van der Waals surface area contributed by atoms with E-state index in [1.807, 2.05) is 13.0 Å². The fourth-order valence-electron chi connectivity index (χ4n) is 2.34. The summed E-state index contributed by atoms with van der Waals surface area (Å²) < 4.78 is 15.6. The topological polar surface area (TPSA) is 83.1 Å². The van der Waals surface area contributed by atoms with Crippen LogP contribution in [0.3, 0.4) is 0 Å². The summed E-state index contributed by atoms with van der Waals surface area (Å²) in [4.78, 5) is 23.4. The first kappa shape index (κ1) is 15.7. The number of hydrogen-bond donors (Lipinski definition) is 1. The lowest BCUT2D eigenvalue weighted by Gasteiger charge is -2.13. The molecule has 6 heteroatoms. The molecule has 0 saturated heterocycles. The highest BCUT2D eigenvalue weighted by atomic mass is 19.1. The van der Waals surface area contributed by atoms with Crippen molar-refractivity contribution < 1.29 is 14.3 Å². The van der Waals surface area contributed by atoms with E-state index in [4.69, 9.17) is 10.4 Å². The molecular weight excluding hydrogens is 287 g/mol. The molecule has 0 amide bonds. The monoisotopic (exact) mass is 302 g/mol. The van der Waals surface area contributed by atoms with Crippen molar-refractivity contribution in [3.8, 4) is 6.07 Å². The molecule has 0 bridgehead atoms. The molecule has 0 aliphatic heterocycles. The van der Waals surface area contributed by atoms with Gasteiger partial charge in [-0.25, -0.2) is 9.18 Å². The fourth-order valence-corrected chi connectivity index (χ4v) is 2.34. The average Bonchev–Trinajstić information content (AvgIpc) is 2.48. The van der Waals surface area contributed by atoms with E-state index in [2.05, 4.69) is 0 Å². The molecule has 22 heavy (non-hydrogen) atoms. The number of aromatic nitrogens is 1. The number of carboxylic acid groups (broad SMARTS) is 1. The van der Waals surface area contributed by atoms with E-state index >= 15 is 0 Å². The Hall–Kier alpha value is -2.68. The van der Waals surface area contributed by atoms with Gasteiger partial charge in [-0.15, -0.1) is 0 Å². The smallest absolute Gasteiger partial charge is 0.341 e. The number of carbonyl (C=O) groups is 1. The van der Waals surface area contributed by atoms with Crippen molar-refractivity contribution in [3.05, 3.63) is 45.5 Å². The Morgan fingerprint density at radius 3 is 2.77 bits per heavy atom. The van der Waals surface area contributed by atoms with Crippen molar-refractivity contribution >= 4 is 16.9 Å². The summed E-state index contributed by atoms with van der Waals surface area (Å²) in [5.74, 6) is -2.01. The lowest BCUT2D eigenvalue weighted by atomic mass is 10.1. The standard InChI is InChI=1S/C16H15FN2O3/c1-2-3-6-19-9-12(16(21)22)15(20)11-8-13(17)10(4-5-18)7-14(11)19/h7-9H,2-4,6H2,1H3,(H,21,22). The van der Waals surface area contributed by atoms with Crippen LogP contribution in [0.1, 0.15) is 35.7 Å². The van der Waals surface area contributed by atoms with Crippen molar-refractivity contribution in [2.75, 3.05) is 0 Å². The van der Waals surface area contributed by atoms with Gasteiger partial charge in [0.15, 0.2) is 0 Å². The zero-order chi connectivity index (χ0) is 16.3. The van der Waals surface area contributed by atoms with Gasteiger partial charge in [-0.3, -0.25) is 4.79 Å². The van der Waals surface area contributed by atoms with Crippen LogP contribution in [-0.2, 0) is 13.0 Å². The molecule has 0 spiro atoms. The molecule has 0 aliphatic carbocycles. The Bertz CT molecular complexity index is 834. The van der Waals surface area contributed by atoms with Crippen LogP contribution in [0.15, 0.2) is 23.1 Å². The maximum absolute atomic E-state index is 14.0. The van der Waals surface area contributed by atoms with Crippen LogP contribution in [0, 0.1) is 17.1 Å². The Morgan fingerprint density at radius 2 is 2.18 bits per heavy atom. The van der Waals surface area contributed by atoms with Gasteiger partial charge in [-0.1, -0.05) is 13.3 Å². The highest BCUT2D eigenvalue weighted by Crippen LogP contribution is 2.19. The van der Waals surface area contributed by atoms with E-state index in [1.54, 1.807) is 4.57 Å².